The zero-order chi connectivity index (χ0) is 21.4. The number of thiol groups is 1. The molecule has 0 amide bonds. The second-order valence-electron chi connectivity index (χ2n) is 8.73. The van der Waals surface area contributed by atoms with Gasteiger partial charge in [0.25, 0.3) is 5.56 Å². The van der Waals surface area contributed by atoms with Crippen LogP contribution in [0.1, 0.15) is 33.4 Å². The third-order valence-corrected chi connectivity index (χ3v) is 20.2. The Bertz CT molecular complexity index is 837. The quantitative estimate of drug-likeness (QED) is 0.344. The maximum absolute atomic E-state index is 12.2. The highest BCUT2D eigenvalue weighted by atomic mass is 33.4. The molecule has 1 aromatic rings. The second-order valence-corrected chi connectivity index (χ2v) is 24.7. The second kappa shape index (κ2) is 9.01. The van der Waals surface area contributed by atoms with Gasteiger partial charge in [0.1, 0.15) is 18.4 Å². The number of rotatable bonds is 6. The molecule has 0 spiro atoms. The molecule has 2 aliphatic heterocycles. The Morgan fingerprint density at radius 2 is 2.00 bits per heavy atom. The van der Waals surface area contributed by atoms with E-state index >= 15 is 0 Å². The lowest BCUT2D eigenvalue weighted by atomic mass is 10.2. The van der Waals surface area contributed by atoms with Crippen molar-refractivity contribution in [1.82, 2.24) is 9.55 Å². The molecule has 1 N–H and O–H groups in total. The van der Waals surface area contributed by atoms with E-state index in [4.69, 9.17) is 25.9 Å². The molecular weight excluding hydrogens is 467 g/mol. The third-order valence-electron chi connectivity index (χ3n) is 5.62. The lowest BCUT2D eigenvalue weighted by Crippen LogP contribution is -2.44. The molecule has 2 saturated heterocycles. The first kappa shape index (κ1) is 23.9. The molecule has 2 fully saturated rings. The Labute approximate surface area is 186 Å². The molecule has 164 valence electrons. The molecule has 2 aliphatic rings. The number of hydrogen-bond acceptors (Lipinski definition) is 8. The van der Waals surface area contributed by atoms with Crippen molar-refractivity contribution in [1.29, 1.82) is 0 Å². The Balaban J connectivity index is 1.78. The van der Waals surface area contributed by atoms with Crippen molar-refractivity contribution < 1.29 is 13.7 Å². The summed E-state index contributed by atoms with van der Waals surface area (Å²) < 4.78 is 20.5. The summed E-state index contributed by atoms with van der Waals surface area (Å²) in [5, 5.41) is -1.79. The maximum Gasteiger partial charge on any atom is 0.330 e. The monoisotopic (exact) mass is 497 g/mol. The van der Waals surface area contributed by atoms with Gasteiger partial charge < -0.3 is 9.16 Å². The summed E-state index contributed by atoms with van der Waals surface area (Å²) in [7, 11) is -1.96. The van der Waals surface area contributed by atoms with E-state index in [1.165, 1.54) is 16.8 Å². The highest BCUT2D eigenvalue weighted by molar-refractivity contribution is 9.15. The van der Waals surface area contributed by atoms with Crippen LogP contribution in [0.4, 0.5) is 0 Å². The lowest BCUT2D eigenvalue weighted by Gasteiger charge is -2.37. The number of aromatic amines is 1. The molecule has 3 heterocycles. The SMILES string of the molecule is CC(C)(C)[Si](C)(C)OC[C@H]1O[C@@H](n2ccc(=O)[nH]c2=O)C[C@@H]1O[P+]1(S)SCCS1. The van der Waals surface area contributed by atoms with Crippen LogP contribution in [0.2, 0.25) is 18.1 Å². The van der Waals surface area contributed by atoms with Crippen LogP contribution in [0.3, 0.4) is 0 Å². The first-order valence-electron chi connectivity index (χ1n) is 9.60. The molecule has 29 heavy (non-hydrogen) atoms. The molecule has 3 rings (SSSR count). The first-order chi connectivity index (χ1) is 13.4. The smallest absolute Gasteiger partial charge is 0.330 e. The van der Waals surface area contributed by atoms with E-state index in [0.29, 0.717) is 13.0 Å². The van der Waals surface area contributed by atoms with Crippen LogP contribution in [0, 0.1) is 0 Å². The van der Waals surface area contributed by atoms with E-state index in [9.17, 15) is 9.59 Å². The van der Waals surface area contributed by atoms with Gasteiger partial charge >= 0.3 is 10.8 Å². The lowest BCUT2D eigenvalue weighted by molar-refractivity contribution is -0.0379. The molecule has 0 radical (unpaired) electrons. The Morgan fingerprint density at radius 3 is 2.59 bits per heavy atom. The van der Waals surface area contributed by atoms with Gasteiger partial charge in [0.05, 0.1) is 41.6 Å². The molecule has 1 aromatic heterocycles. The maximum atomic E-state index is 12.2. The van der Waals surface area contributed by atoms with Crippen LogP contribution in [0.5, 0.6) is 0 Å². The predicted octanol–water partition coefficient (Wildman–Crippen LogP) is 4.32. The van der Waals surface area contributed by atoms with Gasteiger partial charge in [-0.2, -0.15) is 4.52 Å². The zero-order valence-electron chi connectivity index (χ0n) is 17.4. The average molecular weight is 498 g/mol. The fourth-order valence-corrected chi connectivity index (χ4v) is 13.5. The normalized spacial score (nSPS) is 27.4. The number of ether oxygens (including phenoxy) is 1. The highest BCUT2D eigenvalue weighted by Gasteiger charge is 2.52. The van der Waals surface area contributed by atoms with Crippen LogP contribution in [0.15, 0.2) is 21.9 Å². The molecule has 3 atom stereocenters. The van der Waals surface area contributed by atoms with E-state index in [2.05, 4.69) is 38.8 Å². The van der Waals surface area contributed by atoms with Crippen LogP contribution >= 0.6 is 40.1 Å². The third kappa shape index (κ3) is 5.74. The molecule has 0 bridgehead atoms. The molecule has 7 nitrogen and oxygen atoms in total. The summed E-state index contributed by atoms with van der Waals surface area (Å²) in [5.74, 6) is 2.06. The van der Waals surface area contributed by atoms with Crippen LogP contribution in [-0.4, -0.2) is 48.2 Å². The van der Waals surface area contributed by atoms with E-state index in [-0.39, 0.29) is 17.2 Å². The van der Waals surface area contributed by atoms with Crippen molar-refractivity contribution in [2.45, 2.75) is 63.8 Å². The molecule has 0 aromatic carbocycles. The number of hydrogen-bond donors (Lipinski definition) is 2. The Morgan fingerprint density at radius 1 is 1.34 bits per heavy atom. The fraction of sp³-hybridized carbons (Fsp3) is 0.765. The van der Waals surface area contributed by atoms with Gasteiger partial charge in [-0.1, -0.05) is 20.8 Å². The van der Waals surface area contributed by atoms with Crippen LogP contribution in [0.25, 0.3) is 0 Å². The van der Waals surface area contributed by atoms with Gasteiger partial charge in [-0.3, -0.25) is 14.3 Å². The van der Waals surface area contributed by atoms with E-state index < -0.39 is 30.9 Å². The minimum atomic E-state index is -1.96. The van der Waals surface area contributed by atoms with Gasteiger partial charge in [0.2, 0.25) is 0 Å². The fourth-order valence-electron chi connectivity index (χ4n) is 2.87. The van der Waals surface area contributed by atoms with Crippen molar-refractivity contribution in [2.24, 2.45) is 0 Å². The summed E-state index contributed by atoms with van der Waals surface area (Å²) in [6, 6.07) is 1.33. The standard InChI is InChI=1S/C17H29N2O5PS3Si/c1-17(2,3)29(4,5)22-11-13-12(24-25(26)27-8-9-28-25)10-15(23-13)19-7-6-14(20)18-16(19)21/h6-7,12-13,15,26H,8-11H2,1-5H3/p+1/t12-,13+,15+/m0/s1. The van der Waals surface area contributed by atoms with Crippen LogP contribution < -0.4 is 11.2 Å². The minimum Gasteiger partial charge on any atom is -0.414 e. The van der Waals surface area contributed by atoms with Crippen LogP contribution in [-0.2, 0) is 13.7 Å². The molecule has 12 heteroatoms. The molecule has 0 aliphatic carbocycles. The molecule has 0 unspecified atom stereocenters. The summed E-state index contributed by atoms with van der Waals surface area (Å²) in [5.41, 5.74) is -0.902. The summed E-state index contributed by atoms with van der Waals surface area (Å²) in [6.07, 6.45) is 0.979. The number of nitrogens with zero attached hydrogens (tertiary/aromatic N) is 1. The van der Waals surface area contributed by atoms with Gasteiger partial charge in [-0.05, 0) is 18.1 Å². The first-order valence-corrected chi connectivity index (χ1v) is 18.6. The van der Waals surface area contributed by atoms with Gasteiger partial charge in [-0.25, -0.2) is 4.79 Å². The van der Waals surface area contributed by atoms with Crippen molar-refractivity contribution in [3.8, 4) is 0 Å². The number of H-pyrrole nitrogens is 1. The largest absolute Gasteiger partial charge is 0.414 e. The van der Waals surface area contributed by atoms with E-state index in [1.54, 1.807) is 22.8 Å². The zero-order valence-corrected chi connectivity index (χ0v) is 21.8. The van der Waals surface area contributed by atoms with Gasteiger partial charge in [0.15, 0.2) is 8.32 Å². The van der Waals surface area contributed by atoms with Gasteiger partial charge in [0, 0.05) is 30.2 Å². The van der Waals surface area contributed by atoms with E-state index in [1.807, 2.05) is 0 Å². The Kier molecular flexibility index (Phi) is 7.43. The van der Waals surface area contributed by atoms with Crippen molar-refractivity contribution in [2.75, 3.05) is 18.1 Å². The summed E-state index contributed by atoms with van der Waals surface area (Å²) >= 11 is 8.38. The topological polar surface area (TPSA) is 82.5 Å². The Hall–Kier alpha value is 0.257. The number of aromatic nitrogens is 2. The van der Waals surface area contributed by atoms with Gasteiger partial charge in [-0.15, -0.1) is 0 Å². The van der Waals surface area contributed by atoms with Crippen molar-refractivity contribution in [3.05, 3.63) is 33.1 Å². The summed E-state index contributed by atoms with van der Waals surface area (Å²) in [4.78, 5) is 25.9. The van der Waals surface area contributed by atoms with Crippen molar-refractivity contribution in [3.63, 3.8) is 0 Å². The molecule has 0 saturated carbocycles. The summed E-state index contributed by atoms with van der Waals surface area (Å²) in [6.45, 7) is 11.4. The van der Waals surface area contributed by atoms with E-state index in [0.717, 1.165) is 11.5 Å². The van der Waals surface area contributed by atoms with Crippen molar-refractivity contribution >= 4 is 48.4 Å². The minimum absolute atomic E-state index is 0.0894. The molecular formula is C17H30N2O5PS3Si+. The average Bonchev–Trinajstić information content (AvgIpc) is 3.19. The highest BCUT2D eigenvalue weighted by Crippen LogP contribution is 2.87. The predicted molar refractivity (Wildman–Crippen MR) is 129 cm³/mol. The number of nitrogens with one attached hydrogen (secondary N) is 1.